The second kappa shape index (κ2) is 8.82. The van der Waals surface area contributed by atoms with E-state index in [1.165, 1.54) is 6.07 Å². The molecule has 0 spiro atoms. The van der Waals surface area contributed by atoms with Gasteiger partial charge in [-0.15, -0.1) is 0 Å². The largest absolute Gasteiger partial charge is 0.356 e. The van der Waals surface area contributed by atoms with E-state index in [0.29, 0.717) is 26.0 Å². The smallest absolute Gasteiger partial charge is 0.172 e. The Morgan fingerprint density at radius 1 is 1.26 bits per heavy atom. The Morgan fingerprint density at radius 3 is 2.70 bits per heavy atom. The van der Waals surface area contributed by atoms with Gasteiger partial charge >= 0.3 is 0 Å². The number of aromatic nitrogens is 2. The molecule has 0 aliphatic heterocycles. The minimum atomic E-state index is -0.363. The van der Waals surface area contributed by atoms with Crippen LogP contribution in [0.1, 0.15) is 24.1 Å². The maximum Gasteiger partial charge on any atom is 0.172 e. The van der Waals surface area contributed by atoms with Crippen LogP contribution in [-0.4, -0.2) is 14.9 Å². The number of hydrogen-bond donors (Lipinski definition) is 2. The van der Waals surface area contributed by atoms with Crippen LogP contribution in [0.5, 0.6) is 0 Å². The fourth-order valence-corrected chi connectivity index (χ4v) is 3.48. The highest BCUT2D eigenvalue weighted by Gasteiger charge is 2.13. The quantitative estimate of drug-likeness (QED) is 0.484. The van der Waals surface area contributed by atoms with Gasteiger partial charge < -0.3 is 10.6 Å². The summed E-state index contributed by atoms with van der Waals surface area (Å²) >= 11 is 14.9. The molecular weight excluding hydrogens is 451 g/mol. The van der Waals surface area contributed by atoms with Crippen LogP contribution in [-0.2, 0) is 6.54 Å². The first-order valence-electron chi connectivity index (χ1n) is 8.22. The van der Waals surface area contributed by atoms with Crippen molar-refractivity contribution in [2.75, 3.05) is 5.32 Å². The van der Waals surface area contributed by atoms with E-state index >= 15 is 0 Å². The van der Waals surface area contributed by atoms with E-state index in [4.69, 9.17) is 23.8 Å². The van der Waals surface area contributed by atoms with Crippen molar-refractivity contribution in [3.8, 4) is 0 Å². The summed E-state index contributed by atoms with van der Waals surface area (Å²) in [7, 11) is 0. The molecule has 0 aliphatic carbocycles. The van der Waals surface area contributed by atoms with Gasteiger partial charge in [0.15, 0.2) is 10.9 Å². The Bertz CT molecular complexity index is 928. The van der Waals surface area contributed by atoms with Crippen LogP contribution in [0, 0.1) is 5.82 Å². The molecule has 2 N–H and O–H groups in total. The van der Waals surface area contributed by atoms with Crippen molar-refractivity contribution in [1.29, 1.82) is 0 Å². The van der Waals surface area contributed by atoms with Crippen LogP contribution in [0.15, 0.2) is 59.2 Å². The van der Waals surface area contributed by atoms with Crippen molar-refractivity contribution in [2.45, 2.75) is 19.5 Å². The third-order valence-corrected chi connectivity index (χ3v) is 5.13. The molecule has 4 nitrogen and oxygen atoms in total. The molecule has 3 aromatic rings. The number of nitrogens with zero attached hydrogens (tertiary/aromatic N) is 2. The predicted octanol–water partition coefficient (Wildman–Crippen LogP) is 5.53. The molecule has 0 radical (unpaired) electrons. The molecule has 0 saturated heterocycles. The zero-order chi connectivity index (χ0) is 19.4. The van der Waals surface area contributed by atoms with E-state index in [2.05, 4.69) is 31.7 Å². The van der Waals surface area contributed by atoms with Gasteiger partial charge in [-0.2, -0.15) is 5.10 Å². The zero-order valence-electron chi connectivity index (χ0n) is 14.4. The molecule has 1 atom stereocenters. The summed E-state index contributed by atoms with van der Waals surface area (Å²) in [5.41, 5.74) is 1.51. The predicted molar refractivity (Wildman–Crippen MR) is 115 cm³/mol. The van der Waals surface area contributed by atoms with Crippen LogP contribution >= 0.6 is 39.7 Å². The van der Waals surface area contributed by atoms with Crippen LogP contribution in [0.25, 0.3) is 0 Å². The van der Waals surface area contributed by atoms with Crippen molar-refractivity contribution in [1.82, 2.24) is 15.1 Å². The van der Waals surface area contributed by atoms with Gasteiger partial charge in [-0.05, 0) is 52.8 Å². The van der Waals surface area contributed by atoms with Crippen molar-refractivity contribution in [3.05, 3.63) is 81.2 Å². The van der Waals surface area contributed by atoms with Gasteiger partial charge in [-0.3, -0.25) is 4.68 Å². The Hall–Kier alpha value is -1.96. The highest BCUT2D eigenvalue weighted by molar-refractivity contribution is 9.10. The number of rotatable bonds is 5. The van der Waals surface area contributed by atoms with E-state index in [9.17, 15) is 4.39 Å². The molecule has 140 valence electrons. The monoisotopic (exact) mass is 466 g/mol. The summed E-state index contributed by atoms with van der Waals surface area (Å²) in [6.07, 6.45) is 1.74. The van der Waals surface area contributed by atoms with Crippen LogP contribution < -0.4 is 10.6 Å². The summed E-state index contributed by atoms with van der Waals surface area (Å²) in [6.45, 7) is 2.24. The Kier molecular flexibility index (Phi) is 6.46. The maximum absolute atomic E-state index is 14.0. The average molecular weight is 468 g/mol. The summed E-state index contributed by atoms with van der Waals surface area (Å²) in [5, 5.41) is 11.5. The Balaban J connectivity index is 1.67. The number of nitrogens with one attached hydrogen (secondary N) is 2. The third-order valence-electron chi connectivity index (χ3n) is 3.98. The van der Waals surface area contributed by atoms with Crippen molar-refractivity contribution >= 4 is 50.7 Å². The number of halogens is 3. The minimum Gasteiger partial charge on any atom is -0.356 e. The molecule has 1 unspecified atom stereocenters. The van der Waals surface area contributed by atoms with Gasteiger partial charge in [-0.1, -0.05) is 48.0 Å². The summed E-state index contributed by atoms with van der Waals surface area (Å²) in [5.74, 6) is 0.178. The summed E-state index contributed by atoms with van der Waals surface area (Å²) in [6, 6.07) is 14.6. The highest BCUT2D eigenvalue weighted by Crippen LogP contribution is 2.24. The van der Waals surface area contributed by atoms with Gasteiger partial charge in [0.2, 0.25) is 0 Å². The minimum absolute atomic E-state index is 0.0456. The molecule has 1 heterocycles. The summed E-state index contributed by atoms with van der Waals surface area (Å²) < 4.78 is 16.3. The van der Waals surface area contributed by atoms with Crippen molar-refractivity contribution in [3.63, 3.8) is 0 Å². The van der Waals surface area contributed by atoms with Gasteiger partial charge in [-0.25, -0.2) is 4.39 Å². The van der Waals surface area contributed by atoms with Crippen LogP contribution in [0.3, 0.4) is 0 Å². The lowest BCUT2D eigenvalue weighted by molar-refractivity contribution is 0.586. The molecule has 3 rings (SSSR count). The standard InChI is InChI=1S/C19H17BrClFN4S/c1-12(13-6-3-2-4-7-13)23-19(27)24-18-15(20)11-26(25-18)10-14-16(21)8-5-9-17(14)22/h2-9,11-12H,10H2,1H3,(H2,23,24,25,27). The Morgan fingerprint density at radius 2 is 2.00 bits per heavy atom. The molecule has 2 aromatic carbocycles. The SMILES string of the molecule is CC(NC(=S)Nc1nn(Cc2c(F)cccc2Cl)cc1Br)c1ccccc1. The molecule has 0 saturated carbocycles. The lowest BCUT2D eigenvalue weighted by Gasteiger charge is -2.16. The first-order chi connectivity index (χ1) is 12.9. The number of hydrogen-bond acceptors (Lipinski definition) is 2. The molecule has 0 aliphatic rings. The van der Waals surface area contributed by atoms with Crippen molar-refractivity contribution in [2.24, 2.45) is 0 Å². The van der Waals surface area contributed by atoms with E-state index in [1.807, 2.05) is 37.3 Å². The molecule has 0 amide bonds. The second-order valence-corrected chi connectivity index (χ2v) is 7.62. The van der Waals surface area contributed by atoms with Gasteiger partial charge in [0, 0.05) is 16.8 Å². The van der Waals surface area contributed by atoms with Crippen LogP contribution in [0.2, 0.25) is 5.02 Å². The van der Waals surface area contributed by atoms with Gasteiger partial charge in [0.25, 0.3) is 0 Å². The molecule has 0 bridgehead atoms. The molecule has 27 heavy (non-hydrogen) atoms. The first-order valence-corrected chi connectivity index (χ1v) is 9.80. The number of benzene rings is 2. The van der Waals surface area contributed by atoms with Crippen molar-refractivity contribution < 1.29 is 4.39 Å². The Labute approximate surface area is 175 Å². The van der Waals surface area contributed by atoms with E-state index in [0.717, 1.165) is 5.56 Å². The van der Waals surface area contributed by atoms with E-state index in [1.54, 1.807) is 23.0 Å². The normalized spacial score (nSPS) is 11.9. The first kappa shape index (κ1) is 19.8. The van der Waals surface area contributed by atoms with Gasteiger partial charge in [0.1, 0.15) is 5.82 Å². The fraction of sp³-hybridized carbons (Fsp3) is 0.158. The average Bonchev–Trinajstić information content (AvgIpc) is 2.98. The second-order valence-electron chi connectivity index (χ2n) is 5.95. The zero-order valence-corrected chi connectivity index (χ0v) is 17.6. The molecule has 8 heteroatoms. The highest BCUT2D eigenvalue weighted by atomic mass is 79.9. The maximum atomic E-state index is 14.0. The van der Waals surface area contributed by atoms with E-state index < -0.39 is 0 Å². The molecule has 0 fully saturated rings. The number of anilines is 1. The third kappa shape index (κ3) is 5.06. The molecule has 1 aromatic heterocycles. The number of thiocarbonyl (C=S) groups is 1. The van der Waals surface area contributed by atoms with Gasteiger partial charge in [0.05, 0.1) is 17.1 Å². The lowest BCUT2D eigenvalue weighted by atomic mass is 10.1. The topological polar surface area (TPSA) is 41.9 Å². The summed E-state index contributed by atoms with van der Waals surface area (Å²) in [4.78, 5) is 0. The molecular formula is C19H17BrClFN4S. The van der Waals surface area contributed by atoms with E-state index in [-0.39, 0.29) is 18.4 Å². The fourth-order valence-electron chi connectivity index (χ4n) is 2.57. The van der Waals surface area contributed by atoms with Crippen LogP contribution in [0.4, 0.5) is 10.2 Å². The lowest BCUT2D eigenvalue weighted by Crippen LogP contribution is -2.31.